The fourth-order valence-electron chi connectivity index (χ4n) is 4.15. The van der Waals surface area contributed by atoms with Gasteiger partial charge in [0, 0.05) is 56.9 Å². The van der Waals surface area contributed by atoms with Gasteiger partial charge >= 0.3 is 0 Å². The van der Waals surface area contributed by atoms with Gasteiger partial charge in [-0.25, -0.2) is 8.78 Å². The zero-order valence-corrected chi connectivity index (χ0v) is 16.3. The second-order valence-corrected chi connectivity index (χ2v) is 8.57. The number of allylic oxidation sites excluding steroid dienone is 1. The molecule has 1 aliphatic carbocycles. The molecule has 6 atom stereocenters. The molecular weight excluding hydrogens is 370 g/mol. The first kappa shape index (κ1) is 20.3. The molecule has 0 spiro atoms. The van der Waals surface area contributed by atoms with E-state index in [4.69, 9.17) is 16.9 Å². The van der Waals surface area contributed by atoms with Crippen LogP contribution in [0.15, 0.2) is 28.5 Å². The second kappa shape index (κ2) is 8.70. The average Bonchev–Trinajstić information content (AvgIpc) is 3.23. The van der Waals surface area contributed by atoms with Crippen LogP contribution in [0.2, 0.25) is 0 Å². The van der Waals surface area contributed by atoms with Crippen LogP contribution < -0.4 is 16.8 Å². The van der Waals surface area contributed by atoms with Gasteiger partial charge in [-0.05, 0) is 30.2 Å². The van der Waals surface area contributed by atoms with Crippen LogP contribution in [0.1, 0.15) is 12.8 Å². The van der Waals surface area contributed by atoms with E-state index in [-0.39, 0.29) is 12.8 Å². The van der Waals surface area contributed by atoms with Crippen molar-refractivity contribution in [3.8, 4) is 0 Å². The minimum Gasteiger partial charge on any atom is -0.404 e. The summed E-state index contributed by atoms with van der Waals surface area (Å²) in [6.45, 7) is 2.52. The van der Waals surface area contributed by atoms with E-state index in [0.717, 1.165) is 31.4 Å². The normalized spacial score (nSPS) is 35.4. The Balaban J connectivity index is 1.58. The number of hydrogen-bond acceptors (Lipinski definition) is 6. The average molecular weight is 399 g/mol. The van der Waals surface area contributed by atoms with Gasteiger partial charge in [-0.3, -0.25) is 10.4 Å². The van der Waals surface area contributed by atoms with Gasteiger partial charge in [0.1, 0.15) is 12.3 Å². The van der Waals surface area contributed by atoms with Crippen LogP contribution in [-0.2, 0) is 0 Å². The maximum absolute atomic E-state index is 14.8. The van der Waals surface area contributed by atoms with E-state index in [1.807, 2.05) is 11.1 Å². The second-order valence-electron chi connectivity index (χ2n) is 7.40. The highest BCUT2D eigenvalue weighted by Gasteiger charge is 2.42. The zero-order chi connectivity index (χ0) is 19.6. The zero-order valence-electron chi connectivity index (χ0n) is 15.4. The Morgan fingerprint density at radius 2 is 2.22 bits per heavy atom. The van der Waals surface area contributed by atoms with E-state index in [1.165, 1.54) is 18.0 Å². The fraction of sp³-hybridized carbons (Fsp3) is 0.667. The summed E-state index contributed by atoms with van der Waals surface area (Å²) in [5.41, 5.74) is 13.5. The van der Waals surface area contributed by atoms with Crippen molar-refractivity contribution in [3.63, 3.8) is 0 Å². The molecule has 150 valence electrons. The largest absolute Gasteiger partial charge is 0.404 e. The molecule has 0 aromatic heterocycles. The molecule has 6 nitrogen and oxygen atoms in total. The number of thioether (sulfide) groups is 1. The van der Waals surface area contributed by atoms with Crippen LogP contribution in [0, 0.1) is 23.2 Å². The third kappa shape index (κ3) is 4.35. The summed E-state index contributed by atoms with van der Waals surface area (Å²) in [6.07, 6.45) is 2.36. The highest BCUT2D eigenvalue weighted by molar-refractivity contribution is 8.14. The van der Waals surface area contributed by atoms with Crippen molar-refractivity contribution in [2.24, 2.45) is 34.2 Å². The lowest BCUT2D eigenvalue weighted by Gasteiger charge is -2.37. The number of amidine groups is 1. The molecule has 0 radical (unpaired) electrons. The van der Waals surface area contributed by atoms with Crippen LogP contribution in [-0.4, -0.2) is 60.7 Å². The van der Waals surface area contributed by atoms with Crippen molar-refractivity contribution in [1.82, 2.24) is 10.2 Å². The van der Waals surface area contributed by atoms with Crippen LogP contribution in [0.3, 0.4) is 0 Å². The molecule has 0 bridgehead atoms. The number of fused-ring (bicyclic) bond motifs is 1. The standard InChI is InChI=1S/C18H28F2N6S/c1-24-5-10(4-21)13-2-16(20)14(3-15(13)19)17(22)27-18(23)26-8-11-6-25-7-12(11)9-26/h4-5,8,12-17,23,25H,2-3,6-7,9,21-22H2,1H3/b10-4+,23-18?,24-5?/t12?,13?,14?,15-,16?,17-/m1/s1. The molecule has 2 heterocycles. The molecular formula is C18H28F2N6S. The third-order valence-corrected chi connectivity index (χ3v) is 6.77. The Bertz CT molecular complexity index is 652. The van der Waals surface area contributed by atoms with E-state index in [2.05, 4.69) is 10.3 Å². The number of hydrogen-bond donors (Lipinski definition) is 4. The summed E-state index contributed by atoms with van der Waals surface area (Å²) in [4.78, 5) is 5.73. The maximum atomic E-state index is 14.8. The van der Waals surface area contributed by atoms with Crippen molar-refractivity contribution in [1.29, 1.82) is 5.41 Å². The predicted octanol–water partition coefficient (Wildman–Crippen LogP) is 1.60. The molecule has 27 heavy (non-hydrogen) atoms. The van der Waals surface area contributed by atoms with Crippen LogP contribution in [0.25, 0.3) is 0 Å². The molecule has 0 aromatic rings. The van der Waals surface area contributed by atoms with Crippen molar-refractivity contribution >= 4 is 23.1 Å². The first-order valence-corrected chi connectivity index (χ1v) is 10.1. The van der Waals surface area contributed by atoms with Crippen LogP contribution in [0.5, 0.6) is 0 Å². The first-order valence-electron chi connectivity index (χ1n) is 9.25. The van der Waals surface area contributed by atoms with Gasteiger partial charge in [-0.1, -0.05) is 11.8 Å². The van der Waals surface area contributed by atoms with Gasteiger partial charge in [0.05, 0.1) is 5.37 Å². The van der Waals surface area contributed by atoms with E-state index >= 15 is 0 Å². The Labute approximate surface area is 163 Å². The predicted molar refractivity (Wildman–Crippen MR) is 107 cm³/mol. The molecule has 3 rings (SSSR count). The van der Waals surface area contributed by atoms with Crippen molar-refractivity contribution < 1.29 is 8.78 Å². The molecule has 2 fully saturated rings. The first-order chi connectivity index (χ1) is 12.9. The van der Waals surface area contributed by atoms with E-state index in [0.29, 0.717) is 16.7 Å². The Hall–Kier alpha value is -1.45. The number of rotatable bonds is 4. The van der Waals surface area contributed by atoms with Crippen LogP contribution >= 0.6 is 11.8 Å². The lowest BCUT2D eigenvalue weighted by Crippen LogP contribution is -2.44. The summed E-state index contributed by atoms with van der Waals surface area (Å²) in [5, 5.41) is 11.3. The quantitative estimate of drug-likeness (QED) is 0.327. The SMILES string of the molecule is CN=C/C(=C\N)C1CC(F)C([C@H](N)SC(=N)N2C=C3CNCC3C2)C[C@H]1F. The van der Waals surface area contributed by atoms with Gasteiger partial charge < -0.3 is 21.7 Å². The summed E-state index contributed by atoms with van der Waals surface area (Å²) in [5.74, 6) is -0.795. The third-order valence-electron chi connectivity index (χ3n) is 5.69. The number of nitrogens with zero attached hydrogens (tertiary/aromatic N) is 2. The smallest absolute Gasteiger partial charge is 0.161 e. The number of alkyl halides is 2. The summed E-state index contributed by atoms with van der Waals surface area (Å²) >= 11 is 1.12. The van der Waals surface area contributed by atoms with Crippen molar-refractivity contribution in [2.45, 2.75) is 30.6 Å². The molecule has 1 saturated carbocycles. The van der Waals surface area contributed by atoms with E-state index < -0.39 is 29.6 Å². The molecule has 1 saturated heterocycles. The Morgan fingerprint density at radius 1 is 1.44 bits per heavy atom. The summed E-state index contributed by atoms with van der Waals surface area (Å²) in [7, 11) is 1.57. The fourth-order valence-corrected chi connectivity index (χ4v) is 5.12. The monoisotopic (exact) mass is 398 g/mol. The lowest BCUT2D eigenvalue weighted by atomic mass is 9.76. The number of nitrogens with two attached hydrogens (primary N) is 2. The minimum absolute atomic E-state index is 0.0236. The molecule has 6 N–H and O–H groups in total. The topological polar surface area (TPSA) is 104 Å². The van der Waals surface area contributed by atoms with Gasteiger partial charge in [0.2, 0.25) is 0 Å². The molecule has 3 aliphatic rings. The highest BCUT2D eigenvalue weighted by Crippen LogP contribution is 2.40. The molecule has 2 aliphatic heterocycles. The summed E-state index contributed by atoms with van der Waals surface area (Å²) in [6, 6.07) is 0. The molecule has 0 aromatic carbocycles. The molecule has 4 unspecified atom stereocenters. The van der Waals surface area contributed by atoms with E-state index in [9.17, 15) is 8.78 Å². The number of aliphatic imine (C=N–C) groups is 1. The van der Waals surface area contributed by atoms with Gasteiger partial charge in [-0.15, -0.1) is 0 Å². The van der Waals surface area contributed by atoms with E-state index in [1.54, 1.807) is 7.05 Å². The minimum atomic E-state index is -1.24. The highest BCUT2D eigenvalue weighted by atomic mass is 32.2. The lowest BCUT2D eigenvalue weighted by molar-refractivity contribution is 0.0698. The Morgan fingerprint density at radius 3 is 2.89 bits per heavy atom. The Kier molecular flexibility index (Phi) is 6.54. The van der Waals surface area contributed by atoms with Crippen molar-refractivity contribution in [3.05, 3.63) is 23.5 Å². The summed E-state index contributed by atoms with van der Waals surface area (Å²) < 4.78 is 29.5. The van der Waals surface area contributed by atoms with Gasteiger partial charge in [0.15, 0.2) is 5.17 Å². The van der Waals surface area contributed by atoms with Crippen molar-refractivity contribution in [2.75, 3.05) is 26.7 Å². The maximum Gasteiger partial charge on any atom is 0.161 e. The van der Waals surface area contributed by atoms with Crippen LogP contribution in [0.4, 0.5) is 8.78 Å². The van der Waals surface area contributed by atoms with Gasteiger partial charge in [0.25, 0.3) is 0 Å². The number of nitrogens with one attached hydrogen (secondary N) is 2. The van der Waals surface area contributed by atoms with Gasteiger partial charge in [-0.2, -0.15) is 0 Å². The molecule has 9 heteroatoms. The number of halogens is 2. The molecule has 0 amide bonds.